The molecular formula is C59H87N3O9SSi3. The fourth-order valence-corrected chi connectivity index (χ4v) is 17.1. The van der Waals surface area contributed by atoms with E-state index in [0.717, 1.165) is 10.9 Å². The van der Waals surface area contributed by atoms with Gasteiger partial charge >= 0.3 is 5.97 Å². The summed E-state index contributed by atoms with van der Waals surface area (Å²) in [6.45, 7) is 33.7. The lowest BCUT2D eigenvalue weighted by molar-refractivity contribution is -0.152. The van der Waals surface area contributed by atoms with Crippen LogP contribution in [-0.2, 0) is 27.8 Å². The van der Waals surface area contributed by atoms with Crippen molar-refractivity contribution in [2.45, 2.75) is 171 Å². The Balaban J connectivity index is 1.59. The standard InChI is InChI=1S/C59H87N3O9SSi3/c1-43(44(2)70-75(58(6,7)8,46-28-22-18-23-29-46)47-30-24-19-25-31-47)32-33-51(71-74(15,16)57(3,4)5)55-50(68-59(9,10)69-55)36-37-52(72-45-26-20-17-21-27-45)53-48(65-39-38-61-62-60)34-35-49(67-42-64-11)54(53)56(63)66-40-41-73(12,13)14/h17-35,43-44,50-52,55H,36-42H2,1-16H3/b33-32-/t43-,44-,50+,51?,52?,55-/m0/s1. The molecule has 1 heterocycles. The van der Waals surface area contributed by atoms with Gasteiger partial charge in [0.15, 0.2) is 20.9 Å². The molecule has 0 aromatic heterocycles. The van der Waals surface area contributed by atoms with Gasteiger partial charge in [-0.15, -0.1) is 11.8 Å². The highest BCUT2D eigenvalue weighted by Crippen LogP contribution is 2.49. The Hall–Kier alpha value is -4.20. The minimum absolute atomic E-state index is 0.00797. The largest absolute Gasteiger partial charge is 0.493 e. The van der Waals surface area contributed by atoms with Gasteiger partial charge in [0.25, 0.3) is 8.32 Å². The average molecular weight is 1100 g/mol. The van der Waals surface area contributed by atoms with Gasteiger partial charge in [0, 0.05) is 41.9 Å². The summed E-state index contributed by atoms with van der Waals surface area (Å²) in [7, 11) is -5.31. The maximum Gasteiger partial charge on any atom is 0.342 e. The molecule has 16 heteroatoms. The van der Waals surface area contributed by atoms with Crippen molar-refractivity contribution in [3.05, 3.63) is 137 Å². The molecule has 0 amide bonds. The van der Waals surface area contributed by atoms with E-state index in [1.807, 2.05) is 38.1 Å². The molecular weight excluding hydrogens is 1010 g/mol. The molecule has 75 heavy (non-hydrogen) atoms. The van der Waals surface area contributed by atoms with E-state index in [4.69, 9.17) is 42.8 Å². The third-order valence-electron chi connectivity index (χ3n) is 14.3. The van der Waals surface area contributed by atoms with Crippen molar-refractivity contribution in [2.75, 3.05) is 33.7 Å². The number of nitrogens with zero attached hydrogens (tertiary/aromatic N) is 3. The number of rotatable bonds is 27. The highest BCUT2D eigenvalue weighted by Gasteiger charge is 2.52. The Morgan fingerprint density at radius 1 is 0.787 bits per heavy atom. The number of ether oxygens (including phenoxy) is 6. The minimum atomic E-state index is -2.85. The van der Waals surface area contributed by atoms with E-state index in [9.17, 15) is 4.79 Å². The summed E-state index contributed by atoms with van der Waals surface area (Å²) in [6.07, 6.45) is 3.96. The van der Waals surface area contributed by atoms with Crippen LogP contribution in [0.4, 0.5) is 0 Å². The normalized spacial score (nSPS) is 18.0. The molecule has 2 unspecified atom stereocenters. The molecule has 0 N–H and O–H groups in total. The van der Waals surface area contributed by atoms with Crippen molar-refractivity contribution in [3.8, 4) is 11.5 Å². The fraction of sp³-hybridized carbons (Fsp3) is 0.542. The van der Waals surface area contributed by atoms with E-state index in [2.05, 4.69) is 183 Å². The molecule has 5 rings (SSSR count). The summed E-state index contributed by atoms with van der Waals surface area (Å²) in [4.78, 5) is 18.6. The van der Waals surface area contributed by atoms with E-state index in [-0.39, 0.29) is 54.2 Å². The van der Waals surface area contributed by atoms with Crippen LogP contribution in [0.2, 0.25) is 48.9 Å². The van der Waals surface area contributed by atoms with E-state index in [1.165, 1.54) is 10.4 Å². The van der Waals surface area contributed by atoms with Crippen LogP contribution >= 0.6 is 11.8 Å². The van der Waals surface area contributed by atoms with Crippen LogP contribution in [0.1, 0.15) is 103 Å². The molecule has 1 fully saturated rings. The van der Waals surface area contributed by atoms with Crippen molar-refractivity contribution >= 4 is 52.8 Å². The number of carbonyl (C=O) groups excluding carboxylic acids is 1. The number of hydrogen-bond acceptors (Lipinski definition) is 11. The fourth-order valence-electron chi connectivity index (χ4n) is 9.10. The molecule has 0 spiro atoms. The average Bonchev–Trinajstić information content (AvgIpc) is 3.66. The van der Waals surface area contributed by atoms with Gasteiger partial charge in [-0.05, 0) is 109 Å². The molecule has 1 aliphatic heterocycles. The maximum absolute atomic E-state index is 14.6. The molecule has 6 atom stereocenters. The SMILES string of the molecule is COCOc1ccc(OCCN=[N+]=[N-])c(C(CC[C@H]2OC(C)(C)O[C@@H]2C(/C=C\[C@H](C)[C@H](C)O[Si](c2ccccc2)(c2ccccc2)C(C)(C)C)O[Si](C)(C)C(C)(C)C)Sc2ccccc2)c1C(=O)OCC[Si](C)(C)C. The lowest BCUT2D eigenvalue weighted by Gasteiger charge is -2.45. The first-order chi connectivity index (χ1) is 35.2. The Morgan fingerprint density at radius 3 is 1.92 bits per heavy atom. The molecule has 4 aromatic carbocycles. The zero-order valence-corrected chi connectivity index (χ0v) is 51.6. The number of hydrogen-bond donors (Lipinski definition) is 0. The second-order valence-electron chi connectivity index (χ2n) is 23.9. The highest BCUT2D eigenvalue weighted by atomic mass is 32.2. The van der Waals surface area contributed by atoms with Crippen LogP contribution < -0.4 is 19.8 Å². The van der Waals surface area contributed by atoms with Crippen molar-refractivity contribution in [2.24, 2.45) is 11.0 Å². The molecule has 0 radical (unpaired) electrons. The van der Waals surface area contributed by atoms with E-state index >= 15 is 0 Å². The van der Waals surface area contributed by atoms with Gasteiger partial charge in [-0.1, -0.05) is 164 Å². The number of azide groups is 1. The number of thioether (sulfide) groups is 1. The molecule has 0 saturated carbocycles. The third-order valence-corrected chi connectivity index (χ3v) is 26.9. The topological polar surface area (TPSA) is 140 Å². The smallest absolute Gasteiger partial charge is 0.342 e. The first-order valence-electron chi connectivity index (χ1n) is 26.6. The Kier molecular flexibility index (Phi) is 22.1. The third kappa shape index (κ3) is 16.9. The summed E-state index contributed by atoms with van der Waals surface area (Å²) < 4.78 is 53.1. The van der Waals surface area contributed by atoms with E-state index < -0.39 is 60.0 Å². The maximum atomic E-state index is 14.6. The summed E-state index contributed by atoms with van der Waals surface area (Å²) in [6, 6.07) is 36.0. The second kappa shape index (κ2) is 26.9. The lowest BCUT2D eigenvalue weighted by Crippen LogP contribution is -2.67. The Morgan fingerprint density at radius 2 is 1.37 bits per heavy atom. The molecule has 410 valence electrons. The molecule has 4 aromatic rings. The number of esters is 1. The quantitative estimate of drug-likeness (QED) is 0.00652. The zero-order valence-electron chi connectivity index (χ0n) is 47.8. The van der Waals surface area contributed by atoms with Crippen molar-refractivity contribution in [3.63, 3.8) is 0 Å². The highest BCUT2D eigenvalue weighted by molar-refractivity contribution is 7.99. The number of methoxy groups -OCH3 is 1. The van der Waals surface area contributed by atoms with Crippen LogP contribution in [0.3, 0.4) is 0 Å². The summed E-state index contributed by atoms with van der Waals surface area (Å²) in [5.41, 5.74) is 10.0. The van der Waals surface area contributed by atoms with Gasteiger partial charge in [-0.3, -0.25) is 0 Å². The van der Waals surface area contributed by atoms with Gasteiger partial charge in [0.05, 0.1) is 32.0 Å². The van der Waals surface area contributed by atoms with Gasteiger partial charge in [-0.25, -0.2) is 4.79 Å². The van der Waals surface area contributed by atoms with Crippen molar-refractivity contribution < 1.29 is 42.1 Å². The van der Waals surface area contributed by atoms with E-state index in [1.54, 1.807) is 24.9 Å². The van der Waals surface area contributed by atoms with E-state index in [0.29, 0.717) is 29.9 Å². The van der Waals surface area contributed by atoms with Crippen molar-refractivity contribution in [1.82, 2.24) is 0 Å². The molecule has 1 saturated heterocycles. The van der Waals surface area contributed by atoms with Crippen LogP contribution in [0, 0.1) is 5.92 Å². The summed E-state index contributed by atoms with van der Waals surface area (Å²) in [5.74, 6) is -0.667. The number of carbonyl (C=O) groups is 1. The van der Waals surface area contributed by atoms with Gasteiger partial charge < -0.3 is 37.3 Å². The van der Waals surface area contributed by atoms with Crippen LogP contribution in [0.5, 0.6) is 11.5 Å². The minimum Gasteiger partial charge on any atom is -0.493 e. The predicted molar refractivity (Wildman–Crippen MR) is 314 cm³/mol. The van der Waals surface area contributed by atoms with Gasteiger partial charge in [-0.2, -0.15) is 0 Å². The van der Waals surface area contributed by atoms with Gasteiger partial charge in [0.1, 0.15) is 23.2 Å². The second-order valence-corrected chi connectivity index (χ2v) is 39.8. The van der Waals surface area contributed by atoms with Crippen LogP contribution in [-0.4, -0.2) is 94.5 Å². The summed E-state index contributed by atoms with van der Waals surface area (Å²) >= 11 is 1.62. The molecule has 12 nitrogen and oxygen atoms in total. The van der Waals surface area contributed by atoms with Crippen LogP contribution in [0.15, 0.2) is 125 Å². The van der Waals surface area contributed by atoms with Crippen LogP contribution in [0.25, 0.3) is 10.4 Å². The van der Waals surface area contributed by atoms with Crippen molar-refractivity contribution in [1.29, 1.82) is 0 Å². The predicted octanol–water partition coefficient (Wildman–Crippen LogP) is 14.5. The molecule has 0 aliphatic carbocycles. The zero-order chi connectivity index (χ0) is 55.2. The Labute approximate surface area is 456 Å². The first-order valence-corrected chi connectivity index (χ1v) is 36.0. The Bertz CT molecular complexity index is 2450. The summed E-state index contributed by atoms with van der Waals surface area (Å²) in [5, 5.41) is 5.53. The van der Waals surface area contributed by atoms with Gasteiger partial charge in [0.2, 0.25) is 0 Å². The monoisotopic (exact) mass is 1100 g/mol. The lowest BCUT2D eigenvalue weighted by atomic mass is 9.95. The number of benzene rings is 4. The molecule has 1 aliphatic rings. The first kappa shape index (κ1) is 61.7. The molecule has 0 bridgehead atoms.